The summed E-state index contributed by atoms with van der Waals surface area (Å²) < 4.78 is 4.64. The molecule has 1 aromatic carbocycles. The number of nitrogens with zero attached hydrogens (tertiary/aromatic N) is 3. The second-order valence-corrected chi connectivity index (χ2v) is 3.92. The minimum Gasteiger partial charge on any atom is -0.449 e. The smallest absolute Gasteiger partial charge is 0.425 e. The predicted molar refractivity (Wildman–Crippen MR) is 70.0 cm³/mol. The highest BCUT2D eigenvalue weighted by atomic mass is 16.6. The topological polar surface area (TPSA) is 79.3 Å². The molecule has 0 spiro atoms. The van der Waals surface area contributed by atoms with Gasteiger partial charge in [0.05, 0.1) is 12.8 Å². The Balaban J connectivity index is 2.08. The highest BCUT2D eigenvalue weighted by molar-refractivity contribution is 6.13. The number of imide groups is 3. The number of carbonyl (C=O) groups excluding carboxylic acids is 3. The fourth-order valence-corrected chi connectivity index (χ4v) is 1.62. The van der Waals surface area contributed by atoms with Gasteiger partial charge in [0.2, 0.25) is 0 Å². The summed E-state index contributed by atoms with van der Waals surface area (Å²) in [7, 11) is 0. The van der Waals surface area contributed by atoms with Crippen LogP contribution in [0.5, 0.6) is 0 Å². The van der Waals surface area contributed by atoms with Crippen molar-refractivity contribution in [1.82, 2.24) is 9.91 Å². The lowest BCUT2D eigenvalue weighted by Gasteiger charge is -2.11. The van der Waals surface area contributed by atoms with Crippen molar-refractivity contribution in [1.29, 1.82) is 0 Å². The van der Waals surface area contributed by atoms with Gasteiger partial charge in [-0.25, -0.2) is 14.6 Å². The second kappa shape index (κ2) is 5.96. The number of benzene rings is 1. The van der Waals surface area contributed by atoms with Crippen molar-refractivity contribution in [3.63, 3.8) is 0 Å². The molecule has 0 unspecified atom stereocenters. The van der Waals surface area contributed by atoms with Gasteiger partial charge < -0.3 is 4.74 Å². The van der Waals surface area contributed by atoms with Gasteiger partial charge in [-0.1, -0.05) is 30.3 Å². The molecule has 1 saturated heterocycles. The fourth-order valence-electron chi connectivity index (χ4n) is 1.62. The molecule has 7 nitrogen and oxygen atoms in total. The maximum absolute atomic E-state index is 11.9. The van der Waals surface area contributed by atoms with Crippen LogP contribution in [0, 0.1) is 0 Å². The van der Waals surface area contributed by atoms with E-state index in [4.69, 9.17) is 0 Å². The van der Waals surface area contributed by atoms with Crippen LogP contribution in [0.1, 0.15) is 12.5 Å². The average molecular weight is 275 g/mol. The first-order valence-electron chi connectivity index (χ1n) is 6.03. The van der Waals surface area contributed by atoms with Gasteiger partial charge in [-0.2, -0.15) is 10.0 Å². The van der Waals surface area contributed by atoms with Gasteiger partial charge in [-0.15, -0.1) is 0 Å². The van der Waals surface area contributed by atoms with Crippen molar-refractivity contribution in [2.75, 3.05) is 13.2 Å². The van der Waals surface area contributed by atoms with Crippen LogP contribution in [-0.4, -0.2) is 47.3 Å². The van der Waals surface area contributed by atoms with E-state index in [0.717, 1.165) is 10.6 Å². The van der Waals surface area contributed by atoms with Crippen LogP contribution in [0.3, 0.4) is 0 Å². The van der Waals surface area contributed by atoms with Crippen molar-refractivity contribution in [2.45, 2.75) is 6.92 Å². The quantitative estimate of drug-likeness (QED) is 0.617. The molecular weight excluding hydrogens is 262 g/mol. The Morgan fingerprint density at radius 1 is 1.35 bits per heavy atom. The molecule has 104 valence electrons. The highest BCUT2D eigenvalue weighted by Gasteiger charge is 2.41. The van der Waals surface area contributed by atoms with Gasteiger partial charge in [0.15, 0.2) is 0 Å². The Morgan fingerprint density at radius 3 is 2.70 bits per heavy atom. The molecule has 20 heavy (non-hydrogen) atoms. The van der Waals surface area contributed by atoms with Gasteiger partial charge in [0, 0.05) is 0 Å². The number of ether oxygens (including phenoxy) is 1. The molecule has 4 amide bonds. The third-order valence-electron chi connectivity index (χ3n) is 2.54. The number of hydrogen-bond acceptors (Lipinski definition) is 5. The minimum atomic E-state index is -0.972. The number of amides is 4. The first kappa shape index (κ1) is 13.7. The third kappa shape index (κ3) is 2.82. The van der Waals surface area contributed by atoms with Crippen molar-refractivity contribution in [3.05, 3.63) is 35.9 Å². The Labute approximate surface area is 115 Å². The van der Waals surface area contributed by atoms with Crippen molar-refractivity contribution >= 4 is 24.2 Å². The summed E-state index contributed by atoms with van der Waals surface area (Å²) in [6.45, 7) is 1.40. The third-order valence-corrected chi connectivity index (χ3v) is 2.54. The number of urea groups is 1. The molecule has 1 fully saturated rings. The molecule has 0 N–H and O–H groups in total. The molecule has 2 rings (SSSR count). The standard InChI is InChI=1S/C13H13N3O4/c1-2-20-13(19)16-11(17)9-15(12(16)18)14-8-10-6-4-3-5-7-10/h3-8H,2,9H2,1H3. The summed E-state index contributed by atoms with van der Waals surface area (Å²) in [5.41, 5.74) is 0.780. The average Bonchev–Trinajstić information content (AvgIpc) is 2.72. The number of hydrogen-bond donors (Lipinski definition) is 0. The molecule has 0 aliphatic carbocycles. The van der Waals surface area contributed by atoms with Gasteiger partial charge in [0.25, 0.3) is 5.91 Å². The lowest BCUT2D eigenvalue weighted by atomic mass is 10.2. The lowest BCUT2D eigenvalue weighted by Crippen LogP contribution is -2.37. The largest absolute Gasteiger partial charge is 0.449 e. The van der Waals surface area contributed by atoms with Crippen LogP contribution in [0.15, 0.2) is 35.4 Å². The molecule has 1 aromatic rings. The van der Waals surface area contributed by atoms with E-state index in [0.29, 0.717) is 4.90 Å². The Bertz CT molecular complexity index is 556. The minimum absolute atomic E-state index is 0.0865. The molecular formula is C13H13N3O4. The molecule has 7 heteroatoms. The maximum atomic E-state index is 11.9. The molecule has 1 heterocycles. The molecule has 0 saturated carbocycles. The maximum Gasteiger partial charge on any atom is 0.425 e. The Kier molecular flexibility index (Phi) is 4.09. The number of rotatable bonds is 3. The molecule has 1 aliphatic heterocycles. The van der Waals surface area contributed by atoms with Crippen molar-refractivity contribution < 1.29 is 19.1 Å². The van der Waals surface area contributed by atoms with Gasteiger partial charge in [-0.3, -0.25) is 4.79 Å². The van der Waals surface area contributed by atoms with Crippen LogP contribution in [0.4, 0.5) is 9.59 Å². The SMILES string of the molecule is CCOC(=O)N1C(=O)CN(N=Cc2ccccc2)C1=O. The van der Waals surface area contributed by atoms with Crippen LogP contribution >= 0.6 is 0 Å². The number of carbonyl (C=O) groups is 3. The Hall–Kier alpha value is -2.70. The lowest BCUT2D eigenvalue weighted by molar-refractivity contribution is -0.124. The first-order valence-corrected chi connectivity index (χ1v) is 6.03. The van der Waals surface area contributed by atoms with E-state index in [1.807, 2.05) is 18.2 Å². The molecule has 0 atom stereocenters. The second-order valence-electron chi connectivity index (χ2n) is 3.92. The van der Waals surface area contributed by atoms with Crippen molar-refractivity contribution in [2.24, 2.45) is 5.10 Å². The van der Waals surface area contributed by atoms with E-state index in [2.05, 4.69) is 9.84 Å². The van der Waals surface area contributed by atoms with Gasteiger partial charge in [0.1, 0.15) is 6.54 Å². The zero-order valence-electron chi connectivity index (χ0n) is 10.9. The summed E-state index contributed by atoms with van der Waals surface area (Å²) in [5.74, 6) is -0.654. The van der Waals surface area contributed by atoms with E-state index < -0.39 is 18.0 Å². The van der Waals surface area contributed by atoms with E-state index in [1.54, 1.807) is 19.1 Å². The predicted octanol–water partition coefficient (Wildman–Crippen LogP) is 1.44. The van der Waals surface area contributed by atoms with Crippen LogP contribution in [0.25, 0.3) is 0 Å². The first-order chi connectivity index (χ1) is 9.63. The normalized spacial score (nSPS) is 15.2. The summed E-state index contributed by atoms with van der Waals surface area (Å²) in [6, 6.07) is 8.29. The molecule has 0 aromatic heterocycles. The van der Waals surface area contributed by atoms with E-state index in [9.17, 15) is 14.4 Å². The summed E-state index contributed by atoms with van der Waals surface area (Å²) in [5, 5.41) is 4.83. The summed E-state index contributed by atoms with van der Waals surface area (Å²) in [4.78, 5) is 35.4. The van der Waals surface area contributed by atoms with Gasteiger partial charge in [-0.05, 0) is 12.5 Å². The number of hydrazone groups is 1. The van der Waals surface area contributed by atoms with Crippen LogP contribution in [-0.2, 0) is 9.53 Å². The monoisotopic (exact) mass is 275 g/mol. The molecule has 0 radical (unpaired) electrons. The van der Waals surface area contributed by atoms with Gasteiger partial charge >= 0.3 is 12.1 Å². The van der Waals surface area contributed by atoms with E-state index in [1.165, 1.54) is 6.21 Å². The summed E-state index contributed by atoms with van der Waals surface area (Å²) in [6.07, 6.45) is 0.472. The van der Waals surface area contributed by atoms with Crippen LogP contribution in [0.2, 0.25) is 0 Å². The van der Waals surface area contributed by atoms with E-state index >= 15 is 0 Å². The zero-order valence-corrected chi connectivity index (χ0v) is 10.9. The van der Waals surface area contributed by atoms with Crippen LogP contribution < -0.4 is 0 Å². The summed E-state index contributed by atoms with van der Waals surface area (Å²) >= 11 is 0. The van der Waals surface area contributed by atoms with E-state index in [-0.39, 0.29) is 13.2 Å². The zero-order chi connectivity index (χ0) is 14.5. The fraction of sp³-hybridized carbons (Fsp3) is 0.231. The van der Waals surface area contributed by atoms with Crippen molar-refractivity contribution in [3.8, 4) is 0 Å². The Morgan fingerprint density at radius 2 is 2.05 bits per heavy atom. The highest BCUT2D eigenvalue weighted by Crippen LogP contribution is 2.12. The molecule has 1 aliphatic rings. The molecule has 0 bridgehead atoms.